The summed E-state index contributed by atoms with van der Waals surface area (Å²) in [4.78, 5) is 26.0. The lowest BCUT2D eigenvalue weighted by Crippen LogP contribution is -2.53. The van der Waals surface area contributed by atoms with Crippen LogP contribution in [0, 0.1) is 11.3 Å². The number of anilines is 2. The fourth-order valence-corrected chi connectivity index (χ4v) is 5.32. The summed E-state index contributed by atoms with van der Waals surface area (Å²) in [5.41, 5.74) is 2.44. The molecule has 2 unspecified atom stereocenters. The van der Waals surface area contributed by atoms with Crippen LogP contribution in [0.15, 0.2) is 42.5 Å². The number of likely N-dealkylation sites (tertiary alicyclic amines) is 1. The number of pyridine rings is 1. The van der Waals surface area contributed by atoms with Gasteiger partial charge in [-0.05, 0) is 31.5 Å². The lowest BCUT2D eigenvalue weighted by Gasteiger charge is -2.41. The van der Waals surface area contributed by atoms with Gasteiger partial charge in [-0.1, -0.05) is 30.3 Å². The molecule has 172 valence electrons. The molecule has 4 heterocycles. The largest absolute Gasteiger partial charge is 0.445 e. The van der Waals surface area contributed by atoms with E-state index in [1.54, 1.807) is 4.90 Å². The minimum absolute atomic E-state index is 0.277. The van der Waals surface area contributed by atoms with Gasteiger partial charge >= 0.3 is 6.09 Å². The molecule has 3 aliphatic heterocycles. The summed E-state index contributed by atoms with van der Waals surface area (Å²) in [6, 6.07) is 16.9. The third-order valence-corrected chi connectivity index (χ3v) is 6.95. The summed E-state index contributed by atoms with van der Waals surface area (Å²) in [7, 11) is 2.18. The number of carbonyl (C=O) groups excluding carboxylic acids is 1. The molecule has 3 fully saturated rings. The van der Waals surface area contributed by atoms with Crippen molar-refractivity contribution in [3.63, 3.8) is 0 Å². The molecule has 3 aliphatic rings. The van der Waals surface area contributed by atoms with Crippen molar-refractivity contribution < 1.29 is 9.53 Å². The van der Waals surface area contributed by atoms with E-state index in [9.17, 15) is 10.1 Å². The van der Waals surface area contributed by atoms with Crippen LogP contribution in [0.3, 0.4) is 0 Å². The summed E-state index contributed by atoms with van der Waals surface area (Å²) in [6.07, 6.45) is 2.07. The number of aromatic nitrogens is 1. The molecule has 3 saturated heterocycles. The standard InChI is InChI=1S/C25H30N6O2/c1-28-16-21-7-8-22(17-28)31(21)24-14-23(13-20(15-26)27-24)29-9-11-30(12-10-29)25(32)33-18-19-5-3-2-4-6-19/h2-6,13-14,21-22H,7-12,16-18H2,1H3. The molecule has 8 nitrogen and oxygen atoms in total. The van der Waals surface area contributed by atoms with Gasteiger partial charge in [-0.2, -0.15) is 5.26 Å². The number of piperazine rings is 2. The van der Waals surface area contributed by atoms with Gasteiger partial charge in [-0.15, -0.1) is 0 Å². The molecule has 8 heteroatoms. The van der Waals surface area contributed by atoms with Crippen LogP contribution in [0.5, 0.6) is 0 Å². The van der Waals surface area contributed by atoms with Gasteiger partial charge in [0.25, 0.3) is 0 Å². The lowest BCUT2D eigenvalue weighted by molar-refractivity contribution is 0.0942. The zero-order valence-electron chi connectivity index (χ0n) is 19.1. The van der Waals surface area contributed by atoms with Gasteiger partial charge in [-0.25, -0.2) is 9.78 Å². The van der Waals surface area contributed by atoms with Crippen LogP contribution >= 0.6 is 0 Å². The highest BCUT2D eigenvalue weighted by atomic mass is 16.6. The van der Waals surface area contributed by atoms with Crippen molar-refractivity contribution in [3.8, 4) is 6.07 Å². The first-order chi connectivity index (χ1) is 16.1. The predicted molar refractivity (Wildman–Crippen MR) is 126 cm³/mol. The first-order valence-electron chi connectivity index (χ1n) is 11.7. The van der Waals surface area contributed by atoms with E-state index >= 15 is 0 Å². The molecule has 2 atom stereocenters. The van der Waals surface area contributed by atoms with Crippen molar-refractivity contribution in [1.82, 2.24) is 14.8 Å². The highest BCUT2D eigenvalue weighted by Crippen LogP contribution is 2.35. The quantitative estimate of drug-likeness (QED) is 0.715. The zero-order chi connectivity index (χ0) is 22.8. The summed E-state index contributed by atoms with van der Waals surface area (Å²) < 4.78 is 5.49. The van der Waals surface area contributed by atoms with Gasteiger partial charge in [0.1, 0.15) is 24.2 Å². The van der Waals surface area contributed by atoms with Crippen molar-refractivity contribution in [2.45, 2.75) is 31.5 Å². The first-order valence-corrected chi connectivity index (χ1v) is 11.7. The number of benzene rings is 1. The number of hydrogen-bond donors (Lipinski definition) is 0. The maximum atomic E-state index is 12.5. The van der Waals surface area contributed by atoms with Gasteiger partial charge in [0, 0.05) is 63.1 Å². The molecule has 2 bridgehead atoms. The van der Waals surface area contributed by atoms with E-state index in [0.29, 0.717) is 44.0 Å². The van der Waals surface area contributed by atoms with Gasteiger partial charge < -0.3 is 24.3 Å². The normalized spacial score (nSPS) is 22.8. The molecular formula is C25H30N6O2. The van der Waals surface area contributed by atoms with Crippen molar-refractivity contribution in [2.24, 2.45) is 0 Å². The minimum atomic E-state index is -0.277. The monoisotopic (exact) mass is 446 g/mol. The number of ether oxygens (including phenoxy) is 1. The van der Waals surface area contributed by atoms with Crippen molar-refractivity contribution >= 4 is 17.6 Å². The second-order valence-electron chi connectivity index (χ2n) is 9.21. The third-order valence-electron chi connectivity index (χ3n) is 6.95. The van der Waals surface area contributed by atoms with Crippen LogP contribution < -0.4 is 9.80 Å². The highest BCUT2D eigenvalue weighted by molar-refractivity contribution is 5.68. The van der Waals surface area contributed by atoms with E-state index in [0.717, 1.165) is 30.2 Å². The van der Waals surface area contributed by atoms with Crippen molar-refractivity contribution in [3.05, 3.63) is 53.7 Å². The van der Waals surface area contributed by atoms with Crippen LogP contribution in [0.25, 0.3) is 0 Å². The van der Waals surface area contributed by atoms with E-state index < -0.39 is 0 Å². The number of amides is 1. The van der Waals surface area contributed by atoms with Gasteiger partial charge in [0.05, 0.1) is 0 Å². The number of likely N-dealkylation sites (N-methyl/N-ethyl adjacent to an activating group) is 1. The summed E-state index contributed by atoms with van der Waals surface area (Å²) in [6.45, 7) is 4.93. The Labute approximate surface area is 195 Å². The third kappa shape index (κ3) is 4.60. The number of carbonyl (C=O) groups is 1. The Balaban J connectivity index is 1.24. The molecule has 1 aromatic heterocycles. The SMILES string of the molecule is CN1CC2CCC(C1)N2c1cc(N2CCN(C(=O)OCc3ccccc3)CC2)cc(C#N)n1. The Morgan fingerprint density at radius 2 is 1.79 bits per heavy atom. The van der Waals surface area contributed by atoms with Crippen LogP contribution in [0.4, 0.5) is 16.3 Å². The van der Waals surface area contributed by atoms with E-state index in [1.807, 2.05) is 36.4 Å². The maximum Gasteiger partial charge on any atom is 0.410 e. The second kappa shape index (κ2) is 9.28. The summed E-state index contributed by atoms with van der Waals surface area (Å²) in [5.74, 6) is 0.911. The maximum absolute atomic E-state index is 12.5. The molecule has 0 saturated carbocycles. The minimum Gasteiger partial charge on any atom is -0.445 e. The molecule has 1 aromatic carbocycles. The molecule has 33 heavy (non-hydrogen) atoms. The fourth-order valence-electron chi connectivity index (χ4n) is 5.32. The second-order valence-corrected chi connectivity index (χ2v) is 9.21. The Morgan fingerprint density at radius 1 is 1.09 bits per heavy atom. The molecule has 0 aliphatic carbocycles. The van der Waals surface area contributed by atoms with Crippen molar-refractivity contribution in [2.75, 3.05) is 56.1 Å². The van der Waals surface area contributed by atoms with E-state index in [2.05, 4.69) is 38.9 Å². The van der Waals surface area contributed by atoms with Crippen LogP contribution in [-0.4, -0.2) is 79.3 Å². The number of fused-ring (bicyclic) bond motifs is 2. The number of rotatable bonds is 4. The Morgan fingerprint density at radius 3 is 2.45 bits per heavy atom. The van der Waals surface area contributed by atoms with E-state index in [1.165, 1.54) is 12.8 Å². The van der Waals surface area contributed by atoms with E-state index in [-0.39, 0.29) is 12.7 Å². The fraction of sp³-hybridized carbons (Fsp3) is 0.480. The number of nitrogens with zero attached hydrogens (tertiary/aromatic N) is 6. The average Bonchev–Trinajstić information content (AvgIpc) is 3.13. The van der Waals surface area contributed by atoms with Crippen LogP contribution in [0.1, 0.15) is 24.1 Å². The summed E-state index contributed by atoms with van der Waals surface area (Å²) >= 11 is 0. The average molecular weight is 447 g/mol. The zero-order valence-corrected chi connectivity index (χ0v) is 19.1. The topological polar surface area (TPSA) is 75.9 Å². The van der Waals surface area contributed by atoms with E-state index in [4.69, 9.17) is 4.74 Å². The van der Waals surface area contributed by atoms with Crippen LogP contribution in [-0.2, 0) is 11.3 Å². The molecule has 0 spiro atoms. The molecule has 0 radical (unpaired) electrons. The van der Waals surface area contributed by atoms with Crippen LogP contribution in [0.2, 0.25) is 0 Å². The molecule has 5 rings (SSSR count). The molecule has 1 amide bonds. The lowest BCUT2D eigenvalue weighted by atomic mass is 10.1. The summed E-state index contributed by atoms with van der Waals surface area (Å²) in [5, 5.41) is 9.61. The smallest absolute Gasteiger partial charge is 0.410 e. The Hall–Kier alpha value is -3.31. The highest BCUT2D eigenvalue weighted by Gasteiger charge is 2.39. The number of nitriles is 1. The molecule has 2 aromatic rings. The molecule has 0 N–H and O–H groups in total. The Kier molecular flexibility index (Phi) is 6.05. The predicted octanol–water partition coefficient (Wildman–Crippen LogP) is 2.69. The first kappa shape index (κ1) is 21.5. The van der Waals surface area contributed by atoms with Gasteiger partial charge in [0.2, 0.25) is 0 Å². The number of hydrogen-bond acceptors (Lipinski definition) is 7. The molecular weight excluding hydrogens is 416 g/mol. The van der Waals surface area contributed by atoms with Gasteiger partial charge in [0.15, 0.2) is 0 Å². The van der Waals surface area contributed by atoms with Crippen molar-refractivity contribution in [1.29, 1.82) is 5.26 Å². The Bertz CT molecular complexity index is 1020. The van der Waals surface area contributed by atoms with Gasteiger partial charge in [-0.3, -0.25) is 0 Å².